The number of hydrogen-bond acceptors (Lipinski definition) is 2. The molecule has 0 spiro atoms. The molecular weight excluding hydrogens is 212 g/mol. The molecular formula is C14H28N2O. The van der Waals surface area contributed by atoms with Crippen LogP contribution < -0.4 is 10.6 Å². The van der Waals surface area contributed by atoms with Crippen LogP contribution in [0.15, 0.2) is 0 Å². The molecule has 1 rings (SSSR count). The highest BCUT2D eigenvalue weighted by molar-refractivity contribution is 5.76. The van der Waals surface area contributed by atoms with Gasteiger partial charge in [0.25, 0.3) is 0 Å². The first kappa shape index (κ1) is 14.5. The fourth-order valence-electron chi connectivity index (χ4n) is 2.44. The summed E-state index contributed by atoms with van der Waals surface area (Å²) in [5.74, 6) is 1.53. The van der Waals surface area contributed by atoms with Gasteiger partial charge in [0.05, 0.1) is 0 Å². The third kappa shape index (κ3) is 6.06. The molecule has 0 aromatic heterocycles. The minimum atomic E-state index is 0.171. The SMILES string of the molecule is CC(C)CNC(=O)CCNC(C)C1CCCC1. The molecule has 17 heavy (non-hydrogen) atoms. The Hall–Kier alpha value is -0.570. The average molecular weight is 240 g/mol. The van der Waals surface area contributed by atoms with E-state index in [-0.39, 0.29) is 5.91 Å². The van der Waals surface area contributed by atoms with Crippen LogP contribution in [0.2, 0.25) is 0 Å². The van der Waals surface area contributed by atoms with Crippen molar-refractivity contribution in [2.75, 3.05) is 13.1 Å². The maximum atomic E-state index is 11.5. The van der Waals surface area contributed by atoms with Crippen molar-refractivity contribution in [2.45, 2.75) is 58.9 Å². The van der Waals surface area contributed by atoms with Crippen molar-refractivity contribution in [1.29, 1.82) is 0 Å². The van der Waals surface area contributed by atoms with E-state index in [0.29, 0.717) is 18.4 Å². The molecule has 0 bridgehead atoms. The second-order valence-corrected chi connectivity index (χ2v) is 5.74. The summed E-state index contributed by atoms with van der Waals surface area (Å²) >= 11 is 0. The van der Waals surface area contributed by atoms with Gasteiger partial charge < -0.3 is 10.6 Å². The first-order chi connectivity index (χ1) is 8.09. The van der Waals surface area contributed by atoms with Crippen molar-refractivity contribution < 1.29 is 4.79 Å². The van der Waals surface area contributed by atoms with Gasteiger partial charge in [-0.25, -0.2) is 0 Å². The lowest BCUT2D eigenvalue weighted by Crippen LogP contribution is -2.36. The monoisotopic (exact) mass is 240 g/mol. The lowest BCUT2D eigenvalue weighted by molar-refractivity contribution is -0.121. The predicted molar refractivity (Wildman–Crippen MR) is 71.9 cm³/mol. The summed E-state index contributed by atoms with van der Waals surface area (Å²) in [6.07, 6.45) is 6.07. The van der Waals surface area contributed by atoms with Crippen LogP contribution in [-0.2, 0) is 4.79 Å². The number of nitrogens with one attached hydrogen (secondary N) is 2. The summed E-state index contributed by atoms with van der Waals surface area (Å²) in [6.45, 7) is 8.07. The summed E-state index contributed by atoms with van der Waals surface area (Å²) in [5.41, 5.74) is 0. The second kappa shape index (κ2) is 7.70. The molecule has 0 heterocycles. The molecule has 1 saturated carbocycles. The topological polar surface area (TPSA) is 41.1 Å². The maximum Gasteiger partial charge on any atom is 0.221 e. The van der Waals surface area contributed by atoms with Crippen LogP contribution in [0.5, 0.6) is 0 Å². The summed E-state index contributed by atoms with van der Waals surface area (Å²) in [4.78, 5) is 11.5. The smallest absolute Gasteiger partial charge is 0.221 e. The zero-order valence-electron chi connectivity index (χ0n) is 11.6. The highest BCUT2D eigenvalue weighted by Gasteiger charge is 2.20. The average Bonchev–Trinajstić information content (AvgIpc) is 2.79. The summed E-state index contributed by atoms with van der Waals surface area (Å²) < 4.78 is 0. The molecule has 0 radical (unpaired) electrons. The number of hydrogen-bond donors (Lipinski definition) is 2. The van der Waals surface area contributed by atoms with Gasteiger partial charge in [0.15, 0.2) is 0 Å². The zero-order chi connectivity index (χ0) is 12.7. The highest BCUT2D eigenvalue weighted by atomic mass is 16.1. The molecule has 100 valence electrons. The van der Waals surface area contributed by atoms with Gasteiger partial charge in [-0.05, 0) is 31.6 Å². The van der Waals surface area contributed by atoms with Gasteiger partial charge in [-0.1, -0.05) is 26.7 Å². The fourth-order valence-corrected chi connectivity index (χ4v) is 2.44. The minimum absolute atomic E-state index is 0.171. The standard InChI is InChI=1S/C14H28N2O/c1-11(2)10-16-14(17)8-9-15-12(3)13-6-4-5-7-13/h11-13,15H,4-10H2,1-3H3,(H,16,17). The molecule has 1 unspecified atom stereocenters. The third-order valence-electron chi connectivity index (χ3n) is 3.63. The summed E-state index contributed by atoms with van der Waals surface area (Å²) in [6, 6.07) is 0.565. The Labute approximate surface area is 106 Å². The molecule has 0 aromatic rings. The molecule has 0 aliphatic heterocycles. The van der Waals surface area contributed by atoms with Gasteiger partial charge in [0.2, 0.25) is 5.91 Å². The van der Waals surface area contributed by atoms with Crippen LogP contribution in [0.4, 0.5) is 0 Å². The molecule has 0 aromatic carbocycles. The van der Waals surface area contributed by atoms with E-state index in [1.807, 2.05) is 0 Å². The predicted octanol–water partition coefficient (Wildman–Crippen LogP) is 2.32. The van der Waals surface area contributed by atoms with Gasteiger partial charge in [-0.2, -0.15) is 0 Å². The van der Waals surface area contributed by atoms with E-state index in [2.05, 4.69) is 31.4 Å². The van der Waals surface area contributed by atoms with E-state index < -0.39 is 0 Å². The molecule has 1 aliphatic carbocycles. The Morgan fingerprint density at radius 1 is 1.24 bits per heavy atom. The van der Waals surface area contributed by atoms with E-state index in [0.717, 1.165) is 19.0 Å². The normalized spacial score (nSPS) is 18.6. The molecule has 1 aliphatic rings. The van der Waals surface area contributed by atoms with Crippen molar-refractivity contribution >= 4 is 5.91 Å². The molecule has 0 saturated heterocycles. The largest absolute Gasteiger partial charge is 0.356 e. The van der Waals surface area contributed by atoms with Gasteiger partial charge in [-0.15, -0.1) is 0 Å². The second-order valence-electron chi connectivity index (χ2n) is 5.74. The van der Waals surface area contributed by atoms with Crippen molar-refractivity contribution in [2.24, 2.45) is 11.8 Å². The Kier molecular flexibility index (Phi) is 6.56. The Balaban J connectivity index is 2.04. The number of rotatable bonds is 7. The number of carbonyl (C=O) groups excluding carboxylic acids is 1. The van der Waals surface area contributed by atoms with Crippen molar-refractivity contribution in [1.82, 2.24) is 10.6 Å². The van der Waals surface area contributed by atoms with Gasteiger partial charge in [-0.3, -0.25) is 4.79 Å². The summed E-state index contributed by atoms with van der Waals surface area (Å²) in [7, 11) is 0. The Bertz CT molecular complexity index is 222. The van der Waals surface area contributed by atoms with Crippen LogP contribution in [0.25, 0.3) is 0 Å². The fraction of sp³-hybridized carbons (Fsp3) is 0.929. The molecule has 1 atom stereocenters. The van der Waals surface area contributed by atoms with Crippen molar-refractivity contribution in [3.8, 4) is 0 Å². The van der Waals surface area contributed by atoms with Crippen LogP contribution in [0.3, 0.4) is 0 Å². The van der Waals surface area contributed by atoms with Gasteiger partial charge in [0.1, 0.15) is 0 Å². The van der Waals surface area contributed by atoms with E-state index in [9.17, 15) is 4.79 Å². The van der Waals surface area contributed by atoms with E-state index in [1.165, 1.54) is 25.7 Å². The lowest BCUT2D eigenvalue weighted by atomic mass is 10.00. The third-order valence-corrected chi connectivity index (χ3v) is 3.63. The maximum absolute atomic E-state index is 11.5. The molecule has 1 fully saturated rings. The van der Waals surface area contributed by atoms with Crippen LogP contribution >= 0.6 is 0 Å². The summed E-state index contributed by atoms with van der Waals surface area (Å²) in [5, 5.41) is 6.43. The van der Waals surface area contributed by atoms with Gasteiger partial charge >= 0.3 is 0 Å². The van der Waals surface area contributed by atoms with E-state index >= 15 is 0 Å². The van der Waals surface area contributed by atoms with Crippen molar-refractivity contribution in [3.05, 3.63) is 0 Å². The lowest BCUT2D eigenvalue weighted by Gasteiger charge is -2.20. The number of carbonyl (C=O) groups is 1. The van der Waals surface area contributed by atoms with Crippen LogP contribution in [-0.4, -0.2) is 25.0 Å². The Morgan fingerprint density at radius 2 is 1.88 bits per heavy atom. The highest BCUT2D eigenvalue weighted by Crippen LogP contribution is 2.27. The molecule has 2 N–H and O–H groups in total. The molecule has 3 heteroatoms. The van der Waals surface area contributed by atoms with E-state index in [1.54, 1.807) is 0 Å². The first-order valence-electron chi connectivity index (χ1n) is 7.09. The van der Waals surface area contributed by atoms with Crippen molar-refractivity contribution in [3.63, 3.8) is 0 Å². The zero-order valence-corrected chi connectivity index (χ0v) is 11.6. The Morgan fingerprint density at radius 3 is 2.47 bits per heavy atom. The van der Waals surface area contributed by atoms with E-state index in [4.69, 9.17) is 0 Å². The molecule has 1 amide bonds. The first-order valence-corrected chi connectivity index (χ1v) is 7.09. The molecule has 3 nitrogen and oxygen atoms in total. The quantitative estimate of drug-likeness (QED) is 0.717. The van der Waals surface area contributed by atoms with Crippen LogP contribution in [0.1, 0.15) is 52.9 Å². The number of amides is 1. The minimum Gasteiger partial charge on any atom is -0.356 e. The van der Waals surface area contributed by atoms with Gasteiger partial charge in [0, 0.05) is 25.6 Å². The van der Waals surface area contributed by atoms with Crippen LogP contribution in [0, 0.1) is 11.8 Å².